The normalized spacial score (nSPS) is 20.2. The summed E-state index contributed by atoms with van der Waals surface area (Å²) >= 11 is 14.1. The third-order valence-corrected chi connectivity index (χ3v) is 9.17. The number of piperidine rings is 1. The van der Waals surface area contributed by atoms with Crippen LogP contribution in [0.4, 0.5) is 0 Å². The molecule has 8 heteroatoms. The third-order valence-electron chi connectivity index (χ3n) is 5.29. The molecule has 2 aromatic rings. The molecule has 1 aromatic carbocycles. The molecule has 0 spiro atoms. The first-order chi connectivity index (χ1) is 12.5. The summed E-state index contributed by atoms with van der Waals surface area (Å²) in [5, 5.41) is 2.53. The van der Waals surface area contributed by atoms with Crippen molar-refractivity contribution in [1.82, 2.24) is 9.21 Å². The predicted molar refractivity (Wildman–Crippen MR) is 107 cm³/mol. The largest absolute Gasteiger partial charge is 0.296 e. The topological polar surface area (TPSA) is 40.6 Å². The molecule has 140 valence electrons. The van der Waals surface area contributed by atoms with Crippen LogP contribution in [0, 0.1) is 0 Å². The molecule has 0 radical (unpaired) electrons. The Morgan fingerprint density at radius 2 is 1.73 bits per heavy atom. The standard InChI is InChI=1S/C18H20Cl2N2O2S2/c19-15-2-1-3-16(20)18(15)26(23,24)22-9-4-14(5-10-22)21-8-6-17-13(12-21)7-11-25-17/h1-3,7,11,14H,4-6,8-10,12H2. The molecule has 0 N–H and O–H groups in total. The zero-order chi connectivity index (χ0) is 18.3. The Bertz CT molecular complexity index is 885. The van der Waals surface area contributed by atoms with Crippen molar-refractivity contribution >= 4 is 44.6 Å². The highest BCUT2D eigenvalue weighted by Gasteiger charge is 2.34. The van der Waals surface area contributed by atoms with Crippen molar-refractivity contribution in [2.45, 2.75) is 36.7 Å². The zero-order valence-corrected chi connectivity index (χ0v) is 17.3. The van der Waals surface area contributed by atoms with Gasteiger partial charge in [-0.15, -0.1) is 11.3 Å². The van der Waals surface area contributed by atoms with E-state index in [2.05, 4.69) is 16.3 Å². The molecule has 1 saturated heterocycles. The molecule has 26 heavy (non-hydrogen) atoms. The number of fused-ring (bicyclic) bond motifs is 1. The van der Waals surface area contributed by atoms with Gasteiger partial charge in [-0.1, -0.05) is 29.3 Å². The Morgan fingerprint density at radius 1 is 1.04 bits per heavy atom. The minimum atomic E-state index is -3.66. The first kappa shape index (κ1) is 18.7. The van der Waals surface area contributed by atoms with E-state index in [1.165, 1.54) is 14.7 Å². The van der Waals surface area contributed by atoms with Crippen molar-refractivity contribution in [2.75, 3.05) is 19.6 Å². The van der Waals surface area contributed by atoms with E-state index in [0.29, 0.717) is 19.1 Å². The zero-order valence-electron chi connectivity index (χ0n) is 14.2. The Kier molecular flexibility index (Phi) is 5.34. The summed E-state index contributed by atoms with van der Waals surface area (Å²) in [4.78, 5) is 4.03. The maximum atomic E-state index is 13.0. The highest BCUT2D eigenvalue weighted by atomic mass is 35.5. The molecular formula is C18H20Cl2N2O2S2. The van der Waals surface area contributed by atoms with E-state index in [0.717, 1.165) is 32.4 Å². The minimum absolute atomic E-state index is 0.0303. The lowest BCUT2D eigenvalue weighted by molar-refractivity contribution is 0.127. The van der Waals surface area contributed by atoms with Crippen molar-refractivity contribution < 1.29 is 8.42 Å². The molecule has 4 rings (SSSR count). The molecule has 3 heterocycles. The van der Waals surface area contributed by atoms with E-state index in [1.807, 2.05) is 11.3 Å². The van der Waals surface area contributed by atoms with Crippen molar-refractivity contribution in [3.8, 4) is 0 Å². The molecule has 0 amide bonds. The van der Waals surface area contributed by atoms with Crippen molar-refractivity contribution in [3.63, 3.8) is 0 Å². The van der Waals surface area contributed by atoms with E-state index in [9.17, 15) is 8.42 Å². The van der Waals surface area contributed by atoms with Gasteiger partial charge in [0.15, 0.2) is 0 Å². The Labute approximate surface area is 168 Å². The second kappa shape index (κ2) is 7.41. The van der Waals surface area contributed by atoms with E-state index in [1.54, 1.807) is 18.2 Å². The second-order valence-electron chi connectivity index (χ2n) is 6.78. The summed E-state index contributed by atoms with van der Waals surface area (Å²) < 4.78 is 27.5. The molecule has 4 nitrogen and oxygen atoms in total. The Morgan fingerprint density at radius 3 is 2.42 bits per heavy atom. The van der Waals surface area contributed by atoms with Crippen LogP contribution in [-0.2, 0) is 23.0 Å². The van der Waals surface area contributed by atoms with Gasteiger partial charge in [0, 0.05) is 37.1 Å². The monoisotopic (exact) mass is 430 g/mol. The average molecular weight is 431 g/mol. The fraction of sp³-hybridized carbons (Fsp3) is 0.444. The number of hydrogen-bond donors (Lipinski definition) is 0. The van der Waals surface area contributed by atoms with Crippen LogP contribution in [0.25, 0.3) is 0 Å². The van der Waals surface area contributed by atoms with Crippen LogP contribution in [0.1, 0.15) is 23.3 Å². The number of rotatable bonds is 3. The number of benzene rings is 1. The summed E-state index contributed by atoms with van der Waals surface area (Å²) in [6, 6.07) is 7.44. The van der Waals surface area contributed by atoms with Crippen LogP contribution in [-0.4, -0.2) is 43.3 Å². The van der Waals surface area contributed by atoms with Gasteiger partial charge >= 0.3 is 0 Å². The Hall–Kier alpha value is -0.630. The van der Waals surface area contributed by atoms with Crippen LogP contribution in [0.3, 0.4) is 0 Å². The number of halogens is 2. The van der Waals surface area contributed by atoms with Crippen LogP contribution < -0.4 is 0 Å². The van der Waals surface area contributed by atoms with Gasteiger partial charge in [-0.25, -0.2) is 8.42 Å². The second-order valence-corrected chi connectivity index (χ2v) is 10.5. The van der Waals surface area contributed by atoms with Gasteiger partial charge in [0.25, 0.3) is 0 Å². The van der Waals surface area contributed by atoms with E-state index >= 15 is 0 Å². The third kappa shape index (κ3) is 3.43. The molecule has 0 bridgehead atoms. The molecule has 0 aliphatic carbocycles. The lowest BCUT2D eigenvalue weighted by Gasteiger charge is -2.39. The van der Waals surface area contributed by atoms with Crippen LogP contribution in [0.5, 0.6) is 0 Å². The molecule has 2 aliphatic rings. The summed E-state index contributed by atoms with van der Waals surface area (Å²) in [7, 11) is -3.66. The summed E-state index contributed by atoms with van der Waals surface area (Å²) in [6.45, 7) is 3.04. The summed E-state index contributed by atoms with van der Waals surface area (Å²) in [6.07, 6.45) is 2.77. The molecule has 1 fully saturated rings. The van der Waals surface area contributed by atoms with Crippen LogP contribution in [0.15, 0.2) is 34.5 Å². The molecular weight excluding hydrogens is 411 g/mol. The highest BCUT2D eigenvalue weighted by Crippen LogP contribution is 2.34. The van der Waals surface area contributed by atoms with Crippen LogP contribution >= 0.6 is 34.5 Å². The van der Waals surface area contributed by atoms with Gasteiger partial charge in [-0.3, -0.25) is 4.90 Å². The summed E-state index contributed by atoms with van der Waals surface area (Å²) in [5.74, 6) is 0. The van der Waals surface area contributed by atoms with Crippen LogP contribution in [0.2, 0.25) is 10.0 Å². The average Bonchev–Trinajstić information content (AvgIpc) is 3.09. The number of nitrogens with zero attached hydrogens (tertiary/aromatic N) is 2. The van der Waals surface area contributed by atoms with Gasteiger partial charge in [-0.05, 0) is 48.4 Å². The number of hydrogen-bond acceptors (Lipinski definition) is 4. The fourth-order valence-corrected chi connectivity index (χ4v) is 7.34. The lowest BCUT2D eigenvalue weighted by atomic mass is 10.0. The smallest absolute Gasteiger partial charge is 0.246 e. The first-order valence-corrected chi connectivity index (χ1v) is 11.8. The molecule has 2 aliphatic heterocycles. The van der Waals surface area contributed by atoms with E-state index in [4.69, 9.17) is 23.2 Å². The van der Waals surface area contributed by atoms with E-state index < -0.39 is 10.0 Å². The maximum Gasteiger partial charge on any atom is 0.246 e. The molecule has 0 unspecified atom stereocenters. The van der Waals surface area contributed by atoms with Crippen molar-refractivity contribution in [1.29, 1.82) is 0 Å². The van der Waals surface area contributed by atoms with Gasteiger partial charge in [0.05, 0.1) is 10.0 Å². The van der Waals surface area contributed by atoms with Gasteiger partial charge in [-0.2, -0.15) is 4.31 Å². The lowest BCUT2D eigenvalue weighted by Crippen LogP contribution is -2.47. The first-order valence-electron chi connectivity index (χ1n) is 8.70. The highest BCUT2D eigenvalue weighted by molar-refractivity contribution is 7.89. The maximum absolute atomic E-state index is 13.0. The number of thiophene rings is 1. The fourth-order valence-electron chi connectivity index (χ4n) is 3.89. The molecule has 0 atom stereocenters. The van der Waals surface area contributed by atoms with E-state index in [-0.39, 0.29) is 14.9 Å². The van der Waals surface area contributed by atoms with Gasteiger partial charge in [0.1, 0.15) is 4.90 Å². The predicted octanol–water partition coefficient (Wildman–Crippen LogP) is 4.27. The minimum Gasteiger partial charge on any atom is -0.296 e. The molecule has 1 aromatic heterocycles. The van der Waals surface area contributed by atoms with Gasteiger partial charge in [0.2, 0.25) is 10.0 Å². The van der Waals surface area contributed by atoms with Gasteiger partial charge < -0.3 is 0 Å². The molecule has 0 saturated carbocycles. The Balaban J connectivity index is 1.45. The van der Waals surface area contributed by atoms with Crippen molar-refractivity contribution in [2.24, 2.45) is 0 Å². The summed E-state index contributed by atoms with van der Waals surface area (Å²) in [5.41, 5.74) is 1.43. The SMILES string of the molecule is O=S(=O)(c1c(Cl)cccc1Cl)N1CCC(N2CCc3sccc3C2)CC1. The quantitative estimate of drug-likeness (QED) is 0.729. The van der Waals surface area contributed by atoms with Crippen molar-refractivity contribution in [3.05, 3.63) is 50.1 Å². The number of sulfonamides is 1.